The van der Waals surface area contributed by atoms with E-state index in [0.717, 1.165) is 6.07 Å². The van der Waals surface area contributed by atoms with Crippen molar-refractivity contribution in [3.05, 3.63) is 84.1 Å². The highest BCUT2D eigenvalue weighted by molar-refractivity contribution is 7.92. The van der Waals surface area contributed by atoms with Crippen LogP contribution in [0.5, 0.6) is 5.75 Å². The van der Waals surface area contributed by atoms with Crippen LogP contribution in [0, 0.1) is 11.6 Å². The molecule has 7 rings (SSSR count). The molecule has 3 heterocycles. The summed E-state index contributed by atoms with van der Waals surface area (Å²) in [5, 5.41) is 16.1. The second-order valence-electron chi connectivity index (χ2n) is 11.7. The maximum atomic E-state index is 15.5. The molecule has 2 aliphatic heterocycles. The van der Waals surface area contributed by atoms with Crippen molar-refractivity contribution in [3.8, 4) is 16.9 Å². The van der Waals surface area contributed by atoms with Crippen molar-refractivity contribution in [2.75, 3.05) is 27.6 Å². The number of amides is 5. The van der Waals surface area contributed by atoms with Crippen molar-refractivity contribution >= 4 is 72.7 Å². The van der Waals surface area contributed by atoms with Crippen LogP contribution < -0.4 is 24.6 Å². The SMILES string of the molecule is Cn1cc(N2CCC(=O)NC2=O)c2cc(F)c(-c3ccc(CC(=O)Nc4ccc5c(F)c(N6CC(=O)NS6(=O)=O)c(O)cc5c4)cc3)cc21. The third-order valence-electron chi connectivity index (χ3n) is 8.42. The summed E-state index contributed by atoms with van der Waals surface area (Å²) in [6.45, 7) is -0.502. The maximum Gasteiger partial charge on any atom is 0.328 e. The number of rotatable bonds is 6. The van der Waals surface area contributed by atoms with Crippen LogP contribution >= 0.6 is 0 Å². The van der Waals surface area contributed by atoms with E-state index in [1.54, 1.807) is 52.9 Å². The normalized spacial score (nSPS) is 15.9. The highest BCUT2D eigenvalue weighted by Crippen LogP contribution is 2.39. The molecule has 5 amide bonds. The number of nitrogens with one attached hydrogen (secondary N) is 3. The minimum Gasteiger partial charge on any atom is -0.506 e. The summed E-state index contributed by atoms with van der Waals surface area (Å²) in [7, 11) is -2.59. The number of phenolic OH excluding ortho intramolecular Hbond substituents is 1. The van der Waals surface area contributed by atoms with Gasteiger partial charge in [0.15, 0.2) is 5.82 Å². The summed E-state index contributed by atoms with van der Waals surface area (Å²) in [4.78, 5) is 49.9. The fraction of sp³-hybridized carbons (Fsp3) is 0.152. The maximum absolute atomic E-state index is 15.5. The van der Waals surface area contributed by atoms with E-state index in [1.165, 1.54) is 29.2 Å². The van der Waals surface area contributed by atoms with Crippen LogP contribution in [0.1, 0.15) is 12.0 Å². The van der Waals surface area contributed by atoms with Gasteiger partial charge in [-0.25, -0.2) is 22.6 Å². The lowest BCUT2D eigenvalue weighted by molar-refractivity contribution is -0.120. The Labute approximate surface area is 276 Å². The number of aromatic hydroxyl groups is 1. The number of hydrogen-bond donors (Lipinski definition) is 4. The lowest BCUT2D eigenvalue weighted by Crippen LogP contribution is -2.49. The average Bonchev–Trinajstić information content (AvgIpc) is 3.49. The quantitative estimate of drug-likeness (QED) is 0.210. The molecule has 2 fully saturated rings. The van der Waals surface area contributed by atoms with Crippen LogP contribution in [0.2, 0.25) is 0 Å². The molecule has 0 saturated carbocycles. The van der Waals surface area contributed by atoms with Crippen LogP contribution in [0.4, 0.5) is 30.6 Å². The number of aromatic nitrogens is 1. The number of nitrogens with zero attached hydrogens (tertiary/aromatic N) is 3. The Bertz CT molecular complexity index is 2380. The predicted molar refractivity (Wildman–Crippen MR) is 176 cm³/mol. The summed E-state index contributed by atoms with van der Waals surface area (Å²) in [6.07, 6.45) is 1.80. The number of benzene rings is 4. The van der Waals surface area contributed by atoms with Crippen LogP contribution in [0.25, 0.3) is 32.8 Å². The Kier molecular flexibility index (Phi) is 7.46. The number of phenols is 1. The summed E-state index contributed by atoms with van der Waals surface area (Å²) < 4.78 is 59.2. The highest BCUT2D eigenvalue weighted by Gasteiger charge is 2.38. The number of carbonyl (C=O) groups excluding carboxylic acids is 4. The van der Waals surface area contributed by atoms with Crippen molar-refractivity contribution < 1.29 is 41.5 Å². The van der Waals surface area contributed by atoms with Gasteiger partial charge in [-0.15, -0.1) is 0 Å². The minimum atomic E-state index is -4.36. The first-order valence-corrected chi connectivity index (χ1v) is 16.3. The van der Waals surface area contributed by atoms with E-state index < -0.39 is 57.7 Å². The van der Waals surface area contributed by atoms with Gasteiger partial charge in [-0.2, -0.15) is 8.42 Å². The van der Waals surface area contributed by atoms with Gasteiger partial charge in [-0.3, -0.25) is 24.6 Å². The Morgan fingerprint density at radius 3 is 2.43 bits per heavy atom. The van der Waals surface area contributed by atoms with E-state index >= 15 is 8.78 Å². The van der Waals surface area contributed by atoms with E-state index in [-0.39, 0.29) is 41.8 Å². The van der Waals surface area contributed by atoms with Crippen molar-refractivity contribution in [3.63, 3.8) is 0 Å². The molecule has 0 unspecified atom stereocenters. The smallest absolute Gasteiger partial charge is 0.328 e. The molecule has 0 spiro atoms. The molecule has 0 aliphatic carbocycles. The largest absolute Gasteiger partial charge is 0.506 e. The predicted octanol–water partition coefficient (Wildman–Crippen LogP) is 3.79. The number of halogens is 2. The minimum absolute atomic E-state index is 0.0404. The van der Waals surface area contributed by atoms with Crippen molar-refractivity contribution in [2.45, 2.75) is 12.8 Å². The standard InChI is InChI=1S/C33H26F2N6O7S/c1-39-15-26(40-9-8-28(43)37-33(40)46)23-13-24(34)22(14-25(23)39)18-4-2-17(3-5-18)10-29(44)36-20-6-7-21-19(11-20)12-27(42)32(31(21)35)41-16-30(45)38-49(41,47)48/h2-7,11-15,42H,8-10,16H2,1H3,(H,36,44)(H,38,45)(H,37,43,46). The summed E-state index contributed by atoms with van der Waals surface area (Å²) in [5.74, 6) is -3.92. The lowest BCUT2D eigenvalue weighted by atomic mass is 10.0. The zero-order valence-electron chi connectivity index (χ0n) is 25.6. The van der Waals surface area contributed by atoms with Gasteiger partial charge in [0.05, 0.1) is 17.6 Å². The van der Waals surface area contributed by atoms with Crippen molar-refractivity contribution in [1.82, 2.24) is 14.6 Å². The first-order valence-electron chi connectivity index (χ1n) is 14.9. The van der Waals surface area contributed by atoms with E-state index in [1.807, 2.05) is 0 Å². The fourth-order valence-electron chi connectivity index (χ4n) is 6.10. The summed E-state index contributed by atoms with van der Waals surface area (Å²) in [5.41, 5.74) is 2.29. The number of fused-ring (bicyclic) bond motifs is 2. The zero-order chi connectivity index (χ0) is 34.8. The van der Waals surface area contributed by atoms with Gasteiger partial charge < -0.3 is 15.0 Å². The number of anilines is 3. The first kappa shape index (κ1) is 31.6. The van der Waals surface area contributed by atoms with E-state index in [2.05, 4.69) is 10.6 Å². The number of aryl methyl sites for hydroxylation is 1. The Balaban J connectivity index is 1.07. The monoisotopic (exact) mass is 688 g/mol. The molecule has 0 bridgehead atoms. The first-order chi connectivity index (χ1) is 23.3. The Morgan fingerprint density at radius 2 is 1.73 bits per heavy atom. The number of carbonyl (C=O) groups is 4. The zero-order valence-corrected chi connectivity index (χ0v) is 26.4. The molecular weight excluding hydrogens is 662 g/mol. The van der Waals surface area contributed by atoms with Gasteiger partial charge in [0.25, 0.3) is 5.91 Å². The third-order valence-corrected chi connectivity index (χ3v) is 9.79. The Morgan fingerprint density at radius 1 is 0.980 bits per heavy atom. The molecule has 16 heteroatoms. The van der Waals surface area contributed by atoms with Gasteiger partial charge in [-0.05, 0) is 52.9 Å². The van der Waals surface area contributed by atoms with Crippen LogP contribution in [0.3, 0.4) is 0 Å². The highest BCUT2D eigenvalue weighted by atomic mass is 32.2. The van der Waals surface area contributed by atoms with Gasteiger partial charge >= 0.3 is 16.2 Å². The van der Waals surface area contributed by atoms with Crippen LogP contribution in [-0.4, -0.2) is 54.9 Å². The average molecular weight is 689 g/mol. The van der Waals surface area contributed by atoms with Crippen LogP contribution in [-0.2, 0) is 38.1 Å². The molecule has 4 N–H and O–H groups in total. The molecule has 2 saturated heterocycles. The van der Waals surface area contributed by atoms with Gasteiger partial charge in [0.2, 0.25) is 11.8 Å². The molecule has 5 aromatic rings. The summed E-state index contributed by atoms with van der Waals surface area (Å²) >= 11 is 0. The molecule has 1 aromatic heterocycles. The van der Waals surface area contributed by atoms with Gasteiger partial charge in [0, 0.05) is 48.2 Å². The van der Waals surface area contributed by atoms with E-state index in [9.17, 15) is 32.7 Å². The molecule has 4 aromatic carbocycles. The fourth-order valence-corrected chi connectivity index (χ4v) is 7.27. The molecular formula is C33H26F2N6O7S. The molecule has 2 aliphatic rings. The van der Waals surface area contributed by atoms with E-state index in [4.69, 9.17) is 0 Å². The molecule has 250 valence electrons. The topological polar surface area (TPSA) is 170 Å². The van der Waals surface area contributed by atoms with Gasteiger partial charge in [0.1, 0.15) is 23.8 Å². The van der Waals surface area contributed by atoms with Gasteiger partial charge in [-0.1, -0.05) is 24.3 Å². The molecule has 13 nitrogen and oxygen atoms in total. The molecule has 0 atom stereocenters. The molecule has 0 radical (unpaired) electrons. The van der Waals surface area contributed by atoms with Crippen molar-refractivity contribution in [2.24, 2.45) is 7.05 Å². The number of imide groups is 1. The van der Waals surface area contributed by atoms with E-state index in [0.29, 0.717) is 37.6 Å². The lowest BCUT2D eigenvalue weighted by Gasteiger charge is -2.25. The second-order valence-corrected chi connectivity index (χ2v) is 13.3. The third kappa shape index (κ3) is 5.65. The van der Waals surface area contributed by atoms with Crippen molar-refractivity contribution in [1.29, 1.82) is 0 Å². The molecule has 49 heavy (non-hydrogen) atoms. The summed E-state index contributed by atoms with van der Waals surface area (Å²) in [6, 6.07) is 14.5. The van der Waals surface area contributed by atoms with Crippen LogP contribution in [0.15, 0.2) is 66.9 Å². The second kappa shape index (κ2) is 11.6. The Hall–Kier alpha value is -6.03. The number of urea groups is 1. The number of hydrogen-bond acceptors (Lipinski definition) is 7.